The summed E-state index contributed by atoms with van der Waals surface area (Å²) in [5.41, 5.74) is 3.79. The predicted octanol–water partition coefficient (Wildman–Crippen LogP) is 4.61. The first-order valence-corrected chi connectivity index (χ1v) is 13.8. The van der Waals surface area contributed by atoms with Crippen molar-refractivity contribution in [3.05, 3.63) is 102 Å². The molecule has 0 bridgehead atoms. The summed E-state index contributed by atoms with van der Waals surface area (Å²) < 4.78 is 4.20. The van der Waals surface area contributed by atoms with Crippen molar-refractivity contribution < 1.29 is 0 Å². The monoisotopic (exact) mass is 495 g/mol. The van der Waals surface area contributed by atoms with Gasteiger partial charge in [0, 0.05) is 38.1 Å². The molecule has 37 heavy (non-hydrogen) atoms. The molecule has 1 saturated carbocycles. The summed E-state index contributed by atoms with van der Waals surface area (Å²) in [7, 11) is 0. The van der Waals surface area contributed by atoms with Crippen molar-refractivity contribution in [2.75, 3.05) is 26.2 Å². The fourth-order valence-electron chi connectivity index (χ4n) is 6.14. The smallest absolute Gasteiger partial charge is 0.155 e. The Morgan fingerprint density at radius 1 is 0.784 bits per heavy atom. The molecule has 6 rings (SSSR count). The number of rotatable bonds is 8. The quantitative estimate of drug-likeness (QED) is 0.357. The van der Waals surface area contributed by atoms with E-state index < -0.39 is 0 Å². The summed E-state index contributed by atoms with van der Waals surface area (Å²) in [5.74, 6) is 1.03. The third kappa shape index (κ3) is 5.68. The van der Waals surface area contributed by atoms with Crippen molar-refractivity contribution in [1.29, 1.82) is 0 Å². The van der Waals surface area contributed by atoms with Crippen LogP contribution in [0.2, 0.25) is 0 Å². The number of benzene rings is 2. The van der Waals surface area contributed by atoms with Crippen molar-refractivity contribution >= 4 is 0 Å². The van der Waals surface area contributed by atoms with Gasteiger partial charge >= 0.3 is 0 Å². The topological polar surface area (TPSA) is 55.0 Å². The molecule has 0 spiro atoms. The Morgan fingerprint density at radius 3 is 2.38 bits per heavy atom. The maximum Gasteiger partial charge on any atom is 0.155 e. The number of aromatic nitrogens is 5. The van der Waals surface area contributed by atoms with Gasteiger partial charge in [0.1, 0.15) is 6.33 Å². The minimum Gasteiger partial charge on any atom is -0.311 e. The average Bonchev–Trinajstić information content (AvgIpc) is 3.70. The van der Waals surface area contributed by atoms with E-state index in [9.17, 15) is 0 Å². The fraction of sp³-hybridized carbons (Fsp3) is 0.433. The van der Waals surface area contributed by atoms with Crippen LogP contribution in [0.3, 0.4) is 0 Å². The molecule has 0 amide bonds. The lowest BCUT2D eigenvalue weighted by atomic mass is 10.0. The summed E-state index contributed by atoms with van der Waals surface area (Å²) in [6.07, 6.45) is 12.4. The fourth-order valence-corrected chi connectivity index (χ4v) is 6.14. The van der Waals surface area contributed by atoms with E-state index in [4.69, 9.17) is 5.10 Å². The van der Waals surface area contributed by atoms with Crippen LogP contribution in [0.5, 0.6) is 0 Å². The minimum absolute atomic E-state index is 0.0773. The van der Waals surface area contributed by atoms with E-state index in [1.54, 1.807) is 0 Å². The standard InChI is InChI=1S/C30H37N7/c1-2-8-25(9-3-1)22-36-24-31-33-30(36)29(27-14-12-26(13-15-27)23-37-19-6-16-32-37)35-18-7-17-34(20-21-35)28-10-4-5-11-28/h1-3,6,8-9,12-16,19,24,28-29H,4-5,7,10-11,17-18,20-23H2. The number of nitrogens with zero attached hydrogens (tertiary/aromatic N) is 7. The molecule has 7 heteroatoms. The molecule has 2 aliphatic rings. The van der Waals surface area contributed by atoms with E-state index in [1.165, 1.54) is 55.3 Å². The minimum atomic E-state index is 0.0773. The zero-order valence-corrected chi connectivity index (χ0v) is 21.6. The highest BCUT2D eigenvalue weighted by atomic mass is 15.3. The second-order valence-corrected chi connectivity index (χ2v) is 10.5. The van der Waals surface area contributed by atoms with Gasteiger partial charge in [-0.1, -0.05) is 67.4 Å². The Bertz CT molecular complexity index is 1230. The first-order chi connectivity index (χ1) is 18.3. The Morgan fingerprint density at radius 2 is 1.59 bits per heavy atom. The predicted molar refractivity (Wildman–Crippen MR) is 145 cm³/mol. The average molecular weight is 496 g/mol. The Labute approximate surface area is 219 Å². The third-order valence-electron chi connectivity index (χ3n) is 8.06. The summed E-state index contributed by atoms with van der Waals surface area (Å²) in [6, 6.07) is 22.5. The van der Waals surface area contributed by atoms with Crippen LogP contribution in [0.4, 0.5) is 0 Å². The summed E-state index contributed by atoms with van der Waals surface area (Å²) in [4.78, 5) is 5.40. The molecule has 2 aromatic carbocycles. The lowest BCUT2D eigenvalue weighted by Crippen LogP contribution is -2.38. The summed E-state index contributed by atoms with van der Waals surface area (Å²) in [5, 5.41) is 13.5. The molecular formula is C30H37N7. The first-order valence-electron chi connectivity index (χ1n) is 13.8. The van der Waals surface area contributed by atoms with E-state index >= 15 is 0 Å². The highest BCUT2D eigenvalue weighted by Crippen LogP contribution is 2.31. The largest absolute Gasteiger partial charge is 0.311 e. The molecule has 0 N–H and O–H groups in total. The van der Waals surface area contributed by atoms with Crippen LogP contribution in [0.25, 0.3) is 0 Å². The zero-order chi connectivity index (χ0) is 24.9. The Balaban J connectivity index is 1.28. The van der Waals surface area contributed by atoms with Crippen molar-refractivity contribution in [1.82, 2.24) is 34.3 Å². The number of hydrogen-bond donors (Lipinski definition) is 0. The first kappa shape index (κ1) is 24.1. The lowest BCUT2D eigenvalue weighted by Gasteiger charge is -2.31. The second kappa shape index (κ2) is 11.4. The van der Waals surface area contributed by atoms with Crippen molar-refractivity contribution in [2.45, 2.75) is 57.3 Å². The molecule has 1 aliphatic carbocycles. The lowest BCUT2D eigenvalue weighted by molar-refractivity contribution is 0.185. The Hall–Kier alpha value is -3.29. The highest BCUT2D eigenvalue weighted by Gasteiger charge is 2.31. The molecule has 192 valence electrons. The van der Waals surface area contributed by atoms with Crippen molar-refractivity contribution in [3.63, 3.8) is 0 Å². The molecule has 7 nitrogen and oxygen atoms in total. The maximum atomic E-state index is 4.72. The highest BCUT2D eigenvalue weighted by molar-refractivity contribution is 5.30. The second-order valence-electron chi connectivity index (χ2n) is 10.5. The van der Waals surface area contributed by atoms with Gasteiger partial charge in [0.25, 0.3) is 0 Å². The maximum absolute atomic E-state index is 4.72. The molecule has 1 unspecified atom stereocenters. The van der Waals surface area contributed by atoms with Crippen molar-refractivity contribution in [3.8, 4) is 0 Å². The molecule has 2 aromatic heterocycles. The van der Waals surface area contributed by atoms with Crippen LogP contribution < -0.4 is 0 Å². The molecule has 1 saturated heterocycles. The van der Waals surface area contributed by atoms with Crippen LogP contribution in [0, 0.1) is 0 Å². The molecule has 2 fully saturated rings. The van der Waals surface area contributed by atoms with Gasteiger partial charge in [-0.15, -0.1) is 10.2 Å². The van der Waals surface area contributed by atoms with Crippen LogP contribution in [0.15, 0.2) is 79.4 Å². The van der Waals surface area contributed by atoms with Crippen LogP contribution in [0.1, 0.15) is 60.7 Å². The van der Waals surface area contributed by atoms with E-state index in [-0.39, 0.29) is 6.04 Å². The molecule has 1 aliphatic heterocycles. The van der Waals surface area contributed by atoms with Gasteiger partial charge in [0.15, 0.2) is 5.82 Å². The van der Waals surface area contributed by atoms with E-state index in [2.05, 4.69) is 79.2 Å². The van der Waals surface area contributed by atoms with E-state index in [1.807, 2.05) is 29.5 Å². The van der Waals surface area contributed by atoms with Crippen LogP contribution in [-0.4, -0.2) is 66.6 Å². The van der Waals surface area contributed by atoms with Crippen molar-refractivity contribution in [2.24, 2.45) is 0 Å². The van der Waals surface area contributed by atoms with Gasteiger partial charge < -0.3 is 4.57 Å². The SMILES string of the molecule is c1ccc(Cn2cnnc2C(c2ccc(Cn3cccn3)cc2)N2CCCN(C3CCCC3)CC2)cc1. The summed E-state index contributed by atoms with van der Waals surface area (Å²) >= 11 is 0. The third-order valence-corrected chi connectivity index (χ3v) is 8.06. The van der Waals surface area contributed by atoms with E-state index in [0.717, 1.165) is 44.6 Å². The van der Waals surface area contributed by atoms with Gasteiger partial charge in [0.05, 0.1) is 19.1 Å². The van der Waals surface area contributed by atoms with Gasteiger partial charge in [-0.2, -0.15) is 5.10 Å². The molecule has 0 radical (unpaired) electrons. The normalized spacial score (nSPS) is 18.7. The van der Waals surface area contributed by atoms with Gasteiger partial charge in [-0.25, -0.2) is 0 Å². The Kier molecular flexibility index (Phi) is 7.42. The van der Waals surface area contributed by atoms with Crippen LogP contribution in [-0.2, 0) is 13.1 Å². The molecule has 4 aromatic rings. The van der Waals surface area contributed by atoms with E-state index in [0.29, 0.717) is 0 Å². The van der Waals surface area contributed by atoms with Gasteiger partial charge in [-0.3, -0.25) is 14.5 Å². The van der Waals surface area contributed by atoms with Crippen LogP contribution >= 0.6 is 0 Å². The molecule has 1 atom stereocenters. The van der Waals surface area contributed by atoms with Gasteiger partial charge in [-0.05, 0) is 48.6 Å². The number of hydrogen-bond acceptors (Lipinski definition) is 5. The van der Waals surface area contributed by atoms with Gasteiger partial charge in [0.2, 0.25) is 0 Å². The molecule has 3 heterocycles. The summed E-state index contributed by atoms with van der Waals surface area (Å²) in [6.45, 7) is 6.01. The molecular weight excluding hydrogens is 458 g/mol. The zero-order valence-electron chi connectivity index (χ0n) is 21.6.